The minimum absolute atomic E-state index is 0.180. The molecule has 0 aliphatic rings. The van der Waals surface area contributed by atoms with Crippen molar-refractivity contribution in [3.63, 3.8) is 0 Å². The Balaban J connectivity index is 3.37. The predicted molar refractivity (Wildman–Crippen MR) is 34.7 cm³/mol. The molecule has 0 aliphatic heterocycles. The van der Waals surface area contributed by atoms with Gasteiger partial charge < -0.3 is 0 Å². The van der Waals surface area contributed by atoms with Crippen molar-refractivity contribution >= 4 is 0 Å². The van der Waals surface area contributed by atoms with Gasteiger partial charge >= 0.3 is 0 Å². The van der Waals surface area contributed by atoms with Crippen molar-refractivity contribution < 1.29 is 4.39 Å². The van der Waals surface area contributed by atoms with Crippen LogP contribution in [-0.2, 0) is 0 Å². The van der Waals surface area contributed by atoms with Crippen molar-refractivity contribution in [2.75, 3.05) is 6.67 Å². The molecule has 0 amide bonds. The highest BCUT2D eigenvalue weighted by molar-refractivity contribution is 4.64. The van der Waals surface area contributed by atoms with Gasteiger partial charge in [0.25, 0.3) is 0 Å². The fourth-order valence-corrected chi connectivity index (χ4v) is 0.433. The zero-order valence-electron chi connectivity index (χ0n) is 6.00. The SMILES string of the molecule is CCC(C)(C)CCF. The van der Waals surface area contributed by atoms with E-state index in [0.29, 0.717) is 6.42 Å². The standard InChI is InChI=1S/C7H15F/c1-4-7(2,3)5-6-8/h4-6H2,1-3H3. The molecule has 0 spiro atoms. The molecule has 0 aliphatic carbocycles. The number of alkyl halides is 1. The van der Waals surface area contributed by atoms with Crippen LogP contribution in [0.3, 0.4) is 0 Å². The van der Waals surface area contributed by atoms with E-state index in [1.54, 1.807) is 0 Å². The quantitative estimate of drug-likeness (QED) is 0.534. The van der Waals surface area contributed by atoms with Gasteiger partial charge in [0.1, 0.15) is 0 Å². The number of halogens is 1. The maximum atomic E-state index is 11.7. The normalized spacial score (nSPS) is 12.0. The maximum absolute atomic E-state index is 11.7. The molecule has 1 heteroatoms. The molecular formula is C7H15F. The van der Waals surface area contributed by atoms with Gasteiger partial charge in [-0.25, -0.2) is 0 Å². The summed E-state index contributed by atoms with van der Waals surface area (Å²) in [6.07, 6.45) is 1.76. The summed E-state index contributed by atoms with van der Waals surface area (Å²) in [6.45, 7) is 6.09. The van der Waals surface area contributed by atoms with Crippen molar-refractivity contribution in [1.82, 2.24) is 0 Å². The first-order valence-electron chi connectivity index (χ1n) is 3.18. The van der Waals surface area contributed by atoms with Crippen molar-refractivity contribution in [2.45, 2.75) is 33.6 Å². The molecule has 8 heavy (non-hydrogen) atoms. The lowest BCUT2D eigenvalue weighted by atomic mass is 9.87. The van der Waals surface area contributed by atoms with Gasteiger partial charge in [0, 0.05) is 0 Å². The average Bonchev–Trinajstić information content (AvgIpc) is 1.67. The van der Waals surface area contributed by atoms with Crippen molar-refractivity contribution in [3.8, 4) is 0 Å². The van der Waals surface area contributed by atoms with E-state index in [1.165, 1.54) is 0 Å². The maximum Gasteiger partial charge on any atom is 0.0899 e. The Labute approximate surface area is 51.1 Å². The summed E-state index contributed by atoms with van der Waals surface area (Å²) in [7, 11) is 0. The molecule has 0 fully saturated rings. The van der Waals surface area contributed by atoms with Gasteiger partial charge in [-0.1, -0.05) is 27.2 Å². The van der Waals surface area contributed by atoms with E-state index >= 15 is 0 Å². The Morgan fingerprint density at radius 3 is 2.00 bits per heavy atom. The van der Waals surface area contributed by atoms with Crippen molar-refractivity contribution in [1.29, 1.82) is 0 Å². The van der Waals surface area contributed by atoms with Crippen molar-refractivity contribution in [2.24, 2.45) is 5.41 Å². The second-order valence-corrected chi connectivity index (χ2v) is 2.96. The van der Waals surface area contributed by atoms with Gasteiger partial charge in [-0.15, -0.1) is 0 Å². The first kappa shape index (κ1) is 7.93. The van der Waals surface area contributed by atoms with E-state index in [-0.39, 0.29) is 12.1 Å². The van der Waals surface area contributed by atoms with E-state index in [2.05, 4.69) is 20.8 Å². The average molecular weight is 118 g/mol. The summed E-state index contributed by atoms with van der Waals surface area (Å²) < 4.78 is 11.7. The van der Waals surface area contributed by atoms with Gasteiger partial charge in [0.05, 0.1) is 6.67 Å². The fraction of sp³-hybridized carbons (Fsp3) is 1.00. The molecule has 0 atom stereocenters. The Morgan fingerprint density at radius 2 is 1.88 bits per heavy atom. The molecule has 0 saturated carbocycles. The second kappa shape index (κ2) is 3.06. The molecule has 0 unspecified atom stereocenters. The van der Waals surface area contributed by atoms with E-state index in [9.17, 15) is 4.39 Å². The summed E-state index contributed by atoms with van der Waals surface area (Å²) in [5.74, 6) is 0. The zero-order chi connectivity index (χ0) is 6.62. The lowest BCUT2D eigenvalue weighted by Gasteiger charge is -2.19. The van der Waals surface area contributed by atoms with Crippen LogP contribution in [0.15, 0.2) is 0 Å². The van der Waals surface area contributed by atoms with Gasteiger partial charge in [-0.05, 0) is 11.8 Å². The largest absolute Gasteiger partial charge is 0.251 e. The van der Waals surface area contributed by atoms with Crippen LogP contribution in [0.5, 0.6) is 0 Å². The predicted octanol–water partition coefficient (Wildman–Crippen LogP) is 2.78. The zero-order valence-corrected chi connectivity index (χ0v) is 6.00. The van der Waals surface area contributed by atoms with Crippen LogP contribution in [0, 0.1) is 5.41 Å². The minimum atomic E-state index is -0.180. The summed E-state index contributed by atoms with van der Waals surface area (Å²) in [5, 5.41) is 0. The molecule has 0 radical (unpaired) electrons. The lowest BCUT2D eigenvalue weighted by molar-refractivity contribution is 0.278. The highest BCUT2D eigenvalue weighted by Gasteiger charge is 2.13. The van der Waals surface area contributed by atoms with E-state index in [1.807, 2.05) is 0 Å². The molecule has 0 N–H and O–H groups in total. The number of hydrogen-bond acceptors (Lipinski definition) is 0. The first-order valence-corrected chi connectivity index (χ1v) is 3.18. The Bertz CT molecular complexity index is 57.4. The molecule has 0 saturated heterocycles. The van der Waals surface area contributed by atoms with Crippen LogP contribution in [0.1, 0.15) is 33.6 Å². The van der Waals surface area contributed by atoms with Crippen molar-refractivity contribution in [3.05, 3.63) is 0 Å². The molecular weight excluding hydrogens is 103 g/mol. The third kappa shape index (κ3) is 3.00. The lowest BCUT2D eigenvalue weighted by Crippen LogP contribution is -2.09. The Morgan fingerprint density at radius 1 is 1.38 bits per heavy atom. The molecule has 0 aromatic rings. The molecule has 50 valence electrons. The van der Waals surface area contributed by atoms with Gasteiger partial charge in [-0.2, -0.15) is 0 Å². The molecule has 0 rings (SSSR count). The third-order valence-electron chi connectivity index (χ3n) is 1.73. The monoisotopic (exact) mass is 118 g/mol. The van der Waals surface area contributed by atoms with Gasteiger partial charge in [0.2, 0.25) is 0 Å². The van der Waals surface area contributed by atoms with Crippen LogP contribution in [-0.4, -0.2) is 6.67 Å². The van der Waals surface area contributed by atoms with E-state index in [0.717, 1.165) is 6.42 Å². The topological polar surface area (TPSA) is 0 Å². The second-order valence-electron chi connectivity index (χ2n) is 2.96. The summed E-state index contributed by atoms with van der Waals surface area (Å²) in [4.78, 5) is 0. The third-order valence-corrected chi connectivity index (χ3v) is 1.73. The van der Waals surface area contributed by atoms with E-state index < -0.39 is 0 Å². The summed E-state index contributed by atoms with van der Waals surface area (Å²) in [5.41, 5.74) is 0.217. The molecule has 0 aromatic carbocycles. The van der Waals surface area contributed by atoms with Crippen LogP contribution in [0.25, 0.3) is 0 Å². The molecule has 0 aromatic heterocycles. The van der Waals surface area contributed by atoms with Crippen LogP contribution < -0.4 is 0 Å². The fourth-order valence-electron chi connectivity index (χ4n) is 0.433. The van der Waals surface area contributed by atoms with Crippen LogP contribution >= 0.6 is 0 Å². The number of hydrogen-bond donors (Lipinski definition) is 0. The van der Waals surface area contributed by atoms with E-state index in [4.69, 9.17) is 0 Å². The van der Waals surface area contributed by atoms with Gasteiger partial charge in [0.15, 0.2) is 0 Å². The Kier molecular flexibility index (Phi) is 3.03. The first-order chi connectivity index (χ1) is 3.62. The number of rotatable bonds is 3. The molecule has 0 bridgehead atoms. The highest BCUT2D eigenvalue weighted by atomic mass is 19.1. The summed E-state index contributed by atoms with van der Waals surface area (Å²) in [6, 6.07) is 0. The molecule has 0 nitrogen and oxygen atoms in total. The molecule has 0 heterocycles. The smallest absolute Gasteiger partial charge is 0.0899 e. The highest BCUT2D eigenvalue weighted by Crippen LogP contribution is 2.23. The summed E-state index contributed by atoms with van der Waals surface area (Å²) >= 11 is 0. The van der Waals surface area contributed by atoms with Gasteiger partial charge in [-0.3, -0.25) is 4.39 Å². The van der Waals surface area contributed by atoms with Crippen LogP contribution in [0.4, 0.5) is 4.39 Å². The van der Waals surface area contributed by atoms with Crippen LogP contribution in [0.2, 0.25) is 0 Å². The minimum Gasteiger partial charge on any atom is -0.251 e. The Hall–Kier alpha value is -0.0700.